The molecule has 1 rings (SSSR count). The summed E-state index contributed by atoms with van der Waals surface area (Å²) in [6.45, 7) is 9.04. The summed E-state index contributed by atoms with van der Waals surface area (Å²) in [7, 11) is 0. The Bertz CT molecular complexity index is 246. The number of hydrogen-bond acceptors (Lipinski definition) is 1. The zero-order chi connectivity index (χ0) is 9.14. The Morgan fingerprint density at radius 1 is 1.25 bits per heavy atom. The molecule has 0 saturated carbocycles. The highest BCUT2D eigenvalue weighted by molar-refractivity contribution is 7.12. The van der Waals surface area contributed by atoms with E-state index in [1.54, 1.807) is 10.4 Å². The predicted octanol–water partition coefficient (Wildman–Crippen LogP) is 4.00. The lowest BCUT2D eigenvalue weighted by molar-refractivity contribution is 0.869. The first kappa shape index (κ1) is 9.79. The van der Waals surface area contributed by atoms with Crippen molar-refractivity contribution in [2.75, 3.05) is 0 Å². The van der Waals surface area contributed by atoms with E-state index in [4.69, 9.17) is 0 Å². The summed E-state index contributed by atoms with van der Waals surface area (Å²) in [4.78, 5) is 3.13. The average molecular weight is 182 g/mol. The van der Waals surface area contributed by atoms with Crippen molar-refractivity contribution in [1.82, 2.24) is 0 Å². The van der Waals surface area contributed by atoms with Gasteiger partial charge < -0.3 is 0 Å². The zero-order valence-corrected chi connectivity index (χ0v) is 9.29. The molecule has 0 spiro atoms. The minimum absolute atomic E-state index is 0.699. The van der Waals surface area contributed by atoms with E-state index in [-0.39, 0.29) is 0 Å². The molecule has 0 atom stereocenters. The molecule has 0 nitrogen and oxygen atoms in total. The SMILES string of the molecule is CCc1cc(CC)c(C(C)C)s1. The highest BCUT2D eigenvalue weighted by Gasteiger charge is 2.09. The van der Waals surface area contributed by atoms with Crippen LogP contribution in [-0.4, -0.2) is 0 Å². The molecule has 0 aromatic carbocycles. The standard InChI is InChI=1S/C11H18S/c1-5-9-7-10(6-2)12-11(9)8(3)4/h7-8H,5-6H2,1-4H3. The Morgan fingerprint density at radius 2 is 1.92 bits per heavy atom. The number of rotatable bonds is 3. The molecular formula is C11H18S. The topological polar surface area (TPSA) is 0 Å². The molecule has 1 heterocycles. The number of hydrogen-bond donors (Lipinski definition) is 0. The zero-order valence-electron chi connectivity index (χ0n) is 8.48. The van der Waals surface area contributed by atoms with Gasteiger partial charge in [-0.15, -0.1) is 11.3 Å². The summed E-state index contributed by atoms with van der Waals surface area (Å²) in [6.07, 6.45) is 2.37. The lowest BCUT2D eigenvalue weighted by Crippen LogP contribution is -1.87. The second-order valence-electron chi connectivity index (χ2n) is 3.46. The van der Waals surface area contributed by atoms with Gasteiger partial charge in [-0.2, -0.15) is 0 Å². The molecule has 1 aromatic heterocycles. The van der Waals surface area contributed by atoms with Crippen molar-refractivity contribution >= 4 is 11.3 Å². The van der Waals surface area contributed by atoms with Crippen LogP contribution < -0.4 is 0 Å². The molecule has 12 heavy (non-hydrogen) atoms. The summed E-state index contributed by atoms with van der Waals surface area (Å²) >= 11 is 1.99. The number of thiophene rings is 1. The molecule has 68 valence electrons. The summed E-state index contributed by atoms with van der Waals surface area (Å²) < 4.78 is 0. The van der Waals surface area contributed by atoms with Crippen molar-refractivity contribution in [1.29, 1.82) is 0 Å². The maximum atomic E-state index is 2.38. The van der Waals surface area contributed by atoms with Gasteiger partial charge in [-0.25, -0.2) is 0 Å². The van der Waals surface area contributed by atoms with Crippen LogP contribution >= 0.6 is 11.3 Å². The molecule has 0 saturated heterocycles. The summed E-state index contributed by atoms with van der Waals surface area (Å²) in [6, 6.07) is 2.38. The smallest absolute Gasteiger partial charge is 0.0105 e. The second-order valence-corrected chi connectivity index (χ2v) is 4.63. The normalized spacial score (nSPS) is 11.1. The lowest BCUT2D eigenvalue weighted by atomic mass is 10.1. The molecule has 0 aliphatic heterocycles. The third kappa shape index (κ3) is 1.89. The highest BCUT2D eigenvalue weighted by Crippen LogP contribution is 2.29. The fourth-order valence-corrected chi connectivity index (χ4v) is 2.64. The van der Waals surface area contributed by atoms with Crippen LogP contribution in [0.15, 0.2) is 6.07 Å². The van der Waals surface area contributed by atoms with Gasteiger partial charge in [-0.1, -0.05) is 27.7 Å². The minimum atomic E-state index is 0.699. The molecule has 1 aromatic rings. The van der Waals surface area contributed by atoms with Gasteiger partial charge in [-0.3, -0.25) is 0 Å². The molecule has 0 fully saturated rings. The summed E-state index contributed by atoms with van der Waals surface area (Å²) in [5.41, 5.74) is 1.56. The van der Waals surface area contributed by atoms with E-state index in [1.807, 2.05) is 11.3 Å². The van der Waals surface area contributed by atoms with Gasteiger partial charge in [0.15, 0.2) is 0 Å². The Labute approximate surface area is 79.6 Å². The van der Waals surface area contributed by atoms with Gasteiger partial charge in [0.2, 0.25) is 0 Å². The minimum Gasteiger partial charge on any atom is -0.145 e. The molecular weight excluding hydrogens is 164 g/mol. The van der Waals surface area contributed by atoms with E-state index in [2.05, 4.69) is 33.8 Å². The molecule has 0 unspecified atom stereocenters. The van der Waals surface area contributed by atoms with Crippen molar-refractivity contribution in [2.24, 2.45) is 0 Å². The van der Waals surface area contributed by atoms with Crippen molar-refractivity contribution in [3.8, 4) is 0 Å². The fraction of sp³-hybridized carbons (Fsp3) is 0.636. The first-order valence-corrected chi connectivity index (χ1v) is 5.62. The van der Waals surface area contributed by atoms with E-state index >= 15 is 0 Å². The highest BCUT2D eigenvalue weighted by atomic mass is 32.1. The Kier molecular flexibility index (Phi) is 3.33. The van der Waals surface area contributed by atoms with E-state index in [0.29, 0.717) is 5.92 Å². The fourth-order valence-electron chi connectivity index (χ4n) is 1.44. The molecule has 0 radical (unpaired) electrons. The van der Waals surface area contributed by atoms with E-state index in [1.165, 1.54) is 17.7 Å². The lowest BCUT2D eigenvalue weighted by Gasteiger charge is -2.03. The van der Waals surface area contributed by atoms with E-state index in [9.17, 15) is 0 Å². The maximum Gasteiger partial charge on any atom is 0.0105 e. The molecule has 1 heteroatoms. The quantitative estimate of drug-likeness (QED) is 0.663. The van der Waals surface area contributed by atoms with Gasteiger partial charge in [0, 0.05) is 9.75 Å². The van der Waals surface area contributed by atoms with Crippen molar-refractivity contribution in [3.63, 3.8) is 0 Å². The van der Waals surface area contributed by atoms with E-state index in [0.717, 1.165) is 0 Å². The Hall–Kier alpha value is -0.300. The van der Waals surface area contributed by atoms with Gasteiger partial charge in [0.1, 0.15) is 0 Å². The van der Waals surface area contributed by atoms with Crippen LogP contribution in [0.4, 0.5) is 0 Å². The van der Waals surface area contributed by atoms with Gasteiger partial charge in [-0.05, 0) is 30.4 Å². The molecule has 0 aliphatic rings. The van der Waals surface area contributed by atoms with Crippen LogP contribution in [-0.2, 0) is 12.8 Å². The Morgan fingerprint density at radius 3 is 2.25 bits per heavy atom. The average Bonchev–Trinajstić information content (AvgIpc) is 2.47. The first-order chi connectivity index (χ1) is 5.69. The van der Waals surface area contributed by atoms with Crippen LogP contribution in [0.2, 0.25) is 0 Å². The monoisotopic (exact) mass is 182 g/mol. The van der Waals surface area contributed by atoms with Gasteiger partial charge in [0.25, 0.3) is 0 Å². The second kappa shape index (κ2) is 4.08. The Balaban J connectivity index is 3.00. The molecule has 0 bridgehead atoms. The van der Waals surface area contributed by atoms with Crippen LogP contribution in [0.25, 0.3) is 0 Å². The van der Waals surface area contributed by atoms with Crippen LogP contribution in [0, 0.1) is 0 Å². The largest absolute Gasteiger partial charge is 0.145 e. The third-order valence-corrected chi connectivity index (χ3v) is 3.77. The van der Waals surface area contributed by atoms with Crippen molar-refractivity contribution in [2.45, 2.75) is 46.5 Å². The maximum absolute atomic E-state index is 2.38. The van der Waals surface area contributed by atoms with Crippen molar-refractivity contribution < 1.29 is 0 Å². The van der Waals surface area contributed by atoms with Crippen LogP contribution in [0.1, 0.15) is 48.9 Å². The first-order valence-electron chi connectivity index (χ1n) is 4.80. The molecule has 0 N–H and O–H groups in total. The van der Waals surface area contributed by atoms with Gasteiger partial charge in [0.05, 0.1) is 0 Å². The third-order valence-electron chi connectivity index (χ3n) is 2.15. The van der Waals surface area contributed by atoms with Crippen LogP contribution in [0.3, 0.4) is 0 Å². The number of aryl methyl sites for hydroxylation is 2. The van der Waals surface area contributed by atoms with Crippen LogP contribution in [0.5, 0.6) is 0 Å². The summed E-state index contributed by atoms with van der Waals surface area (Å²) in [5.74, 6) is 0.699. The molecule has 0 aliphatic carbocycles. The molecule has 0 amide bonds. The summed E-state index contributed by atoms with van der Waals surface area (Å²) in [5, 5.41) is 0. The van der Waals surface area contributed by atoms with Gasteiger partial charge >= 0.3 is 0 Å². The van der Waals surface area contributed by atoms with Crippen molar-refractivity contribution in [3.05, 3.63) is 21.4 Å². The predicted molar refractivity (Wildman–Crippen MR) is 57.2 cm³/mol. The van der Waals surface area contributed by atoms with E-state index < -0.39 is 0 Å².